The van der Waals surface area contributed by atoms with Gasteiger partial charge in [0.2, 0.25) is 0 Å². The van der Waals surface area contributed by atoms with Gasteiger partial charge in [-0.15, -0.1) is 0 Å². The number of hydrogen-bond acceptors (Lipinski definition) is 24. The molecule has 0 aromatic carbocycles. The standard InChI is InChI=1S/2Co.12NO2.3Ni/c;;12*2-1-3;;;/q2*-3;;;;;;;;;;;;;3*+2. The summed E-state index contributed by atoms with van der Waals surface area (Å²) in [5.74, 6) is 0. The molecule has 0 spiro atoms. The molecule has 41 heteroatoms. The average molecular weight is 846 g/mol. The van der Waals surface area contributed by atoms with Crippen molar-refractivity contribution in [2.45, 2.75) is 0 Å². The molecule has 0 saturated carbocycles. The van der Waals surface area contributed by atoms with Crippen LogP contribution in [0, 0.1) is 121 Å². The normalized spacial score (nSPS) is 13.5. The third-order valence-corrected chi connectivity index (χ3v) is 13.5. The maximum absolute atomic E-state index is 10.5. The Morgan fingerprint density at radius 3 is 0.268 bits per heavy atom. The molecule has 0 N–H and O–H groups in total. The Morgan fingerprint density at radius 1 is 0.220 bits per heavy atom. The first-order chi connectivity index (χ1) is 16.7. The van der Waals surface area contributed by atoms with Crippen LogP contribution in [0.3, 0.4) is 0 Å². The molecule has 0 amide bonds. The first-order valence-electron chi connectivity index (χ1n) is 6.17. The van der Waals surface area contributed by atoms with E-state index >= 15 is 0 Å². The van der Waals surface area contributed by atoms with Crippen LogP contribution in [-0.2, 0) is 73.1 Å². The van der Waals surface area contributed by atoms with Gasteiger partial charge in [0.25, 0.3) is 0 Å². The molecule has 36 nitrogen and oxygen atoms in total. The van der Waals surface area contributed by atoms with Gasteiger partial charge in [-0.1, -0.05) is 0 Å². The van der Waals surface area contributed by atoms with Crippen molar-refractivity contribution in [3.63, 3.8) is 0 Å². The van der Waals surface area contributed by atoms with E-state index in [4.69, 9.17) is 0 Å². The first kappa shape index (κ1) is 46.2. The number of rotatable bonds is 12. The predicted octanol–water partition coefficient (Wildman–Crippen LogP) is -3.28. The molecule has 0 atom stereocenters. The first-order valence-corrected chi connectivity index (χ1v) is 11.8. The smallest absolute Gasteiger partial charge is 2.00 e. The molecule has 0 bridgehead atoms. The fraction of sp³-hybridized carbons (Fsp3) is 0. The van der Waals surface area contributed by atoms with Crippen LogP contribution in [-0.4, -0.2) is 47.7 Å². The van der Waals surface area contributed by atoms with Gasteiger partial charge in [0.05, 0.1) is 0 Å². The van der Waals surface area contributed by atoms with Gasteiger partial charge in [-0.05, 0) is 0 Å². The molecular weight excluding hydrogens is 846 g/mol. The van der Waals surface area contributed by atoms with Crippen molar-refractivity contribution >= 4 is 0 Å². The van der Waals surface area contributed by atoms with Gasteiger partial charge in [-0.2, -0.15) is 0 Å². The molecule has 0 aromatic rings. The van der Waals surface area contributed by atoms with Crippen molar-refractivity contribution in [3.05, 3.63) is 121 Å². The van der Waals surface area contributed by atoms with E-state index in [1.165, 1.54) is 0 Å². The van der Waals surface area contributed by atoms with Crippen LogP contribution in [0.2, 0.25) is 0 Å². The van der Waals surface area contributed by atoms with E-state index in [1.54, 1.807) is 0 Å². The average Bonchev–Trinajstić information content (AvgIpc) is 2.67. The van der Waals surface area contributed by atoms with Gasteiger partial charge in [0.15, 0.2) is 0 Å². The van der Waals surface area contributed by atoms with Crippen molar-refractivity contribution in [2.24, 2.45) is 0 Å². The van der Waals surface area contributed by atoms with E-state index < -0.39 is 71.3 Å². The Morgan fingerprint density at radius 2 is 0.268 bits per heavy atom. The zero-order chi connectivity index (χ0) is 31.7. The Kier molecular flexibility index (Phi) is 12.4. The quantitative estimate of drug-likeness (QED) is 0.105. The molecule has 0 unspecified atom stereocenters. The summed E-state index contributed by atoms with van der Waals surface area (Å²) in [4.78, 5) is 126. The Bertz CT molecular complexity index is 968. The molecule has 0 aromatic heterocycles. The minimum atomic E-state index is -10.3. The van der Waals surface area contributed by atoms with E-state index in [-0.39, 0.29) is 49.5 Å². The minimum absolute atomic E-state index is 0. The summed E-state index contributed by atoms with van der Waals surface area (Å²) < 4.78 is -39.1. The van der Waals surface area contributed by atoms with Gasteiger partial charge < -0.3 is 0 Å². The maximum atomic E-state index is 10.5. The third kappa shape index (κ3) is 2.94. The van der Waals surface area contributed by atoms with Crippen LogP contribution in [0.1, 0.15) is 0 Å². The van der Waals surface area contributed by atoms with Crippen LogP contribution < -0.4 is 0 Å². The minimum Gasteiger partial charge on any atom is 2.00 e. The van der Waals surface area contributed by atoms with Crippen molar-refractivity contribution in [1.29, 1.82) is 0 Å². The Hall–Kier alpha value is -4.71. The largest absolute Gasteiger partial charge is 2.00 e. The summed E-state index contributed by atoms with van der Waals surface area (Å²) in [6.45, 7) is 0. The summed E-state index contributed by atoms with van der Waals surface area (Å²) in [7, 11) is 0. The second kappa shape index (κ2) is 11.0. The summed E-state index contributed by atoms with van der Waals surface area (Å²) in [5.41, 5.74) is 0. The molecule has 252 valence electrons. The van der Waals surface area contributed by atoms with Gasteiger partial charge >= 0.3 is 242 Å². The zero-order valence-electron chi connectivity index (χ0n) is 16.8. The number of nitrogens with zero attached hydrogens (tertiary/aromatic N) is 12. The van der Waals surface area contributed by atoms with Crippen molar-refractivity contribution in [1.82, 2.24) is 0 Å². The van der Waals surface area contributed by atoms with Crippen LogP contribution in [0.5, 0.6) is 0 Å². The summed E-state index contributed by atoms with van der Waals surface area (Å²) in [6, 6.07) is 0. The molecule has 0 saturated heterocycles. The van der Waals surface area contributed by atoms with E-state index in [1.807, 2.05) is 0 Å². The van der Waals surface area contributed by atoms with E-state index in [2.05, 4.69) is 0 Å². The number of hydrogen-bond donors (Lipinski definition) is 0. The molecule has 0 aliphatic rings. The Balaban J connectivity index is -0.000000196. The summed E-state index contributed by atoms with van der Waals surface area (Å²) in [5, 5.41) is 126. The molecule has 0 aliphatic heterocycles. The van der Waals surface area contributed by atoms with Crippen LogP contribution in [0.25, 0.3) is 0 Å². The van der Waals surface area contributed by atoms with Crippen molar-refractivity contribution in [2.75, 3.05) is 0 Å². The second-order valence-corrected chi connectivity index (χ2v) is 15.2. The monoisotopic (exact) mass is 844 g/mol. The molecule has 0 radical (unpaired) electrons. The fourth-order valence-corrected chi connectivity index (χ4v) is 5.50. The van der Waals surface area contributed by atoms with E-state index in [0.717, 1.165) is 0 Å². The predicted molar refractivity (Wildman–Crippen MR) is 83.9 cm³/mol. The summed E-state index contributed by atoms with van der Waals surface area (Å²) in [6.07, 6.45) is 0. The second-order valence-electron chi connectivity index (χ2n) is 4.36. The van der Waals surface area contributed by atoms with Crippen molar-refractivity contribution < 1.29 is 121 Å². The molecular formula is Co2N12Ni3O24. The van der Waals surface area contributed by atoms with Crippen LogP contribution in [0.15, 0.2) is 0 Å². The molecule has 0 heterocycles. The third-order valence-electron chi connectivity index (χ3n) is 3.27. The molecule has 0 rings (SSSR count). The van der Waals surface area contributed by atoms with Gasteiger partial charge in [-0.3, -0.25) is 0 Å². The van der Waals surface area contributed by atoms with Crippen LogP contribution >= 0.6 is 0 Å². The van der Waals surface area contributed by atoms with Gasteiger partial charge in [0, 0.05) is 0 Å². The van der Waals surface area contributed by atoms with E-state index in [9.17, 15) is 121 Å². The number of nitro groups is 12. The van der Waals surface area contributed by atoms with Gasteiger partial charge in [0.1, 0.15) is 0 Å². The van der Waals surface area contributed by atoms with E-state index in [0.29, 0.717) is 0 Å². The SMILES string of the molecule is O=[N+]([O-])[Co-3]([N+](=O)[O-])([N+](=O)[O-])([N+](=O)[O-])([N+](=O)[O-])[N+](=O)[O-].O=[N+]([O-])[Co-3]([N+](=O)[O-])([N+](=O)[O-])([N+](=O)[O-])([N+](=O)[O-])[N+](=O)[O-].[Ni+2].[Ni+2].[Ni+2]. The fourth-order valence-electron chi connectivity index (χ4n) is 1.33. The zero-order valence-corrected chi connectivity index (χ0v) is 21.8. The topological polar surface area (TPSA) is 518 Å². The summed E-state index contributed by atoms with van der Waals surface area (Å²) >= 11 is -20.5. The van der Waals surface area contributed by atoms with Crippen LogP contribution in [0.4, 0.5) is 0 Å². The molecule has 41 heavy (non-hydrogen) atoms. The molecule has 0 aliphatic carbocycles. The van der Waals surface area contributed by atoms with Gasteiger partial charge in [-0.25, -0.2) is 0 Å². The molecule has 0 fully saturated rings. The van der Waals surface area contributed by atoms with Crippen molar-refractivity contribution in [3.8, 4) is 0 Å². The Labute approximate surface area is 241 Å². The maximum Gasteiger partial charge on any atom is 2.00 e.